The van der Waals surface area contributed by atoms with Crippen molar-refractivity contribution in [1.82, 2.24) is 20.0 Å². The monoisotopic (exact) mass is 374 g/mol. The number of rotatable bonds is 4. The summed E-state index contributed by atoms with van der Waals surface area (Å²) in [7, 11) is 3.49. The van der Waals surface area contributed by atoms with E-state index < -0.39 is 0 Å². The molecule has 2 saturated heterocycles. The topological polar surface area (TPSA) is 55.9 Å². The molecule has 0 bridgehead atoms. The van der Waals surface area contributed by atoms with Crippen LogP contribution in [0, 0.1) is 17.7 Å². The molecule has 1 N–H and O–H groups in total. The maximum Gasteiger partial charge on any atom is 0.320 e. The van der Waals surface area contributed by atoms with Crippen molar-refractivity contribution >= 4 is 11.9 Å². The Labute approximate surface area is 159 Å². The highest BCUT2D eigenvalue weighted by Gasteiger charge is 2.49. The second-order valence-corrected chi connectivity index (χ2v) is 8.29. The molecular formula is C20H27FN4O2. The first-order valence-corrected chi connectivity index (χ1v) is 9.67. The zero-order valence-electron chi connectivity index (χ0n) is 15.9. The zero-order chi connectivity index (χ0) is 19.1. The lowest BCUT2D eigenvalue weighted by Gasteiger charge is -2.31. The molecule has 4 rings (SSSR count). The summed E-state index contributed by atoms with van der Waals surface area (Å²) >= 11 is 0. The second-order valence-electron chi connectivity index (χ2n) is 8.29. The van der Waals surface area contributed by atoms with E-state index in [1.165, 1.54) is 12.1 Å². The molecule has 0 unspecified atom stereocenters. The maximum absolute atomic E-state index is 13.8. The van der Waals surface area contributed by atoms with Gasteiger partial charge in [0, 0.05) is 45.7 Å². The van der Waals surface area contributed by atoms with E-state index in [4.69, 9.17) is 0 Å². The normalized spacial score (nSPS) is 27.5. The fourth-order valence-electron chi connectivity index (χ4n) is 4.54. The third-order valence-electron chi connectivity index (χ3n) is 5.87. The highest BCUT2D eigenvalue weighted by atomic mass is 19.1. The van der Waals surface area contributed by atoms with Gasteiger partial charge in [0.2, 0.25) is 5.91 Å². The number of benzene rings is 1. The Kier molecular flexibility index (Phi) is 4.80. The highest BCUT2D eigenvalue weighted by molar-refractivity contribution is 5.78. The molecule has 3 aliphatic rings. The number of carbonyl (C=O) groups excluding carboxylic acids is 2. The molecule has 0 aromatic heterocycles. The van der Waals surface area contributed by atoms with Crippen molar-refractivity contribution in [2.24, 2.45) is 11.8 Å². The molecule has 1 saturated carbocycles. The first-order valence-electron chi connectivity index (χ1n) is 9.67. The Balaban J connectivity index is 1.51. The van der Waals surface area contributed by atoms with Crippen molar-refractivity contribution in [2.45, 2.75) is 24.9 Å². The van der Waals surface area contributed by atoms with Crippen LogP contribution in [0.2, 0.25) is 0 Å². The van der Waals surface area contributed by atoms with E-state index in [1.54, 1.807) is 25.1 Å². The molecule has 27 heavy (non-hydrogen) atoms. The van der Waals surface area contributed by atoms with E-state index in [-0.39, 0.29) is 29.7 Å². The van der Waals surface area contributed by atoms with Gasteiger partial charge in [-0.15, -0.1) is 0 Å². The van der Waals surface area contributed by atoms with Crippen LogP contribution in [0.25, 0.3) is 0 Å². The van der Waals surface area contributed by atoms with Crippen LogP contribution < -0.4 is 5.32 Å². The number of urea groups is 1. The Bertz CT molecular complexity index is 736. The summed E-state index contributed by atoms with van der Waals surface area (Å²) in [5, 5.41) is 3.04. The first-order chi connectivity index (χ1) is 12.9. The molecule has 2 aliphatic heterocycles. The molecule has 3 atom stereocenters. The molecule has 7 heteroatoms. The second kappa shape index (κ2) is 7.11. The zero-order valence-corrected chi connectivity index (χ0v) is 15.9. The predicted octanol–water partition coefficient (Wildman–Crippen LogP) is 1.69. The number of nitrogens with one attached hydrogen (secondary N) is 1. The molecule has 146 valence electrons. The quantitative estimate of drug-likeness (QED) is 0.873. The van der Waals surface area contributed by atoms with Gasteiger partial charge in [-0.2, -0.15) is 0 Å². The number of hydrogen-bond acceptors (Lipinski definition) is 3. The SMILES string of the molecule is CN(C)C(=O)N1C[C@H]2CN(CC(=O)NC3CC3)C[C@H]2[C@@H]1c1cccc(F)c1. The van der Waals surface area contributed by atoms with Crippen LogP contribution in [-0.2, 0) is 4.79 Å². The molecule has 0 spiro atoms. The van der Waals surface area contributed by atoms with Gasteiger partial charge in [-0.25, -0.2) is 9.18 Å². The van der Waals surface area contributed by atoms with Crippen LogP contribution >= 0.6 is 0 Å². The van der Waals surface area contributed by atoms with Crippen LogP contribution in [0.4, 0.5) is 9.18 Å². The van der Waals surface area contributed by atoms with E-state index in [9.17, 15) is 14.0 Å². The average molecular weight is 374 g/mol. The van der Waals surface area contributed by atoms with Crippen LogP contribution in [0.5, 0.6) is 0 Å². The molecule has 1 aromatic rings. The fourth-order valence-corrected chi connectivity index (χ4v) is 4.54. The van der Waals surface area contributed by atoms with Crippen molar-refractivity contribution in [3.63, 3.8) is 0 Å². The largest absolute Gasteiger partial charge is 0.352 e. The standard InChI is InChI=1S/C20H27FN4O2/c1-23(2)20(27)25-10-14-9-24(12-18(26)22-16-6-7-16)11-17(14)19(25)13-4-3-5-15(21)8-13/h3-5,8,14,16-17,19H,6-7,9-12H2,1-2H3,(H,22,26)/t14-,17-,19+/m1/s1. The summed E-state index contributed by atoms with van der Waals surface area (Å²) in [6.07, 6.45) is 2.17. The number of nitrogens with zero attached hydrogens (tertiary/aromatic N) is 3. The number of fused-ring (bicyclic) bond motifs is 1. The number of likely N-dealkylation sites (tertiary alicyclic amines) is 2. The highest BCUT2D eigenvalue weighted by Crippen LogP contribution is 2.45. The minimum Gasteiger partial charge on any atom is -0.352 e. The lowest BCUT2D eigenvalue weighted by Crippen LogP contribution is -2.42. The van der Waals surface area contributed by atoms with E-state index in [0.717, 1.165) is 31.5 Å². The van der Waals surface area contributed by atoms with Crippen molar-refractivity contribution in [1.29, 1.82) is 0 Å². The number of halogens is 1. The van der Waals surface area contributed by atoms with Crippen LogP contribution in [-0.4, -0.2) is 73.0 Å². The molecule has 1 aromatic carbocycles. The van der Waals surface area contributed by atoms with Crippen molar-refractivity contribution in [3.05, 3.63) is 35.6 Å². The summed E-state index contributed by atoms with van der Waals surface area (Å²) in [6, 6.07) is 6.73. The van der Waals surface area contributed by atoms with Crippen LogP contribution in [0.1, 0.15) is 24.4 Å². The predicted molar refractivity (Wildman–Crippen MR) is 99.5 cm³/mol. The van der Waals surface area contributed by atoms with Gasteiger partial charge in [-0.05, 0) is 36.5 Å². The number of carbonyl (C=O) groups is 2. The molecule has 3 fully saturated rings. The first kappa shape index (κ1) is 18.2. The molecule has 3 amide bonds. The summed E-state index contributed by atoms with van der Waals surface area (Å²) in [6.45, 7) is 2.59. The Morgan fingerprint density at radius 3 is 2.67 bits per heavy atom. The summed E-state index contributed by atoms with van der Waals surface area (Å²) < 4.78 is 13.8. The minimum absolute atomic E-state index is 0.0447. The van der Waals surface area contributed by atoms with Crippen molar-refractivity contribution < 1.29 is 14.0 Å². The van der Waals surface area contributed by atoms with Crippen LogP contribution in [0.3, 0.4) is 0 Å². The minimum atomic E-state index is -0.285. The van der Waals surface area contributed by atoms with Gasteiger partial charge < -0.3 is 15.1 Å². The van der Waals surface area contributed by atoms with Gasteiger partial charge in [-0.1, -0.05) is 12.1 Å². The molecule has 0 radical (unpaired) electrons. The smallest absolute Gasteiger partial charge is 0.320 e. The summed E-state index contributed by atoms with van der Waals surface area (Å²) in [4.78, 5) is 30.5. The van der Waals surface area contributed by atoms with E-state index in [2.05, 4.69) is 10.2 Å². The third kappa shape index (κ3) is 3.78. The van der Waals surface area contributed by atoms with Crippen molar-refractivity contribution in [2.75, 3.05) is 40.3 Å². The van der Waals surface area contributed by atoms with E-state index in [1.807, 2.05) is 11.0 Å². The lowest BCUT2D eigenvalue weighted by atomic mass is 9.89. The molecular weight excluding hydrogens is 347 g/mol. The van der Waals surface area contributed by atoms with Gasteiger partial charge in [0.25, 0.3) is 0 Å². The van der Waals surface area contributed by atoms with Crippen molar-refractivity contribution in [3.8, 4) is 0 Å². The van der Waals surface area contributed by atoms with Gasteiger partial charge in [0.15, 0.2) is 0 Å². The van der Waals surface area contributed by atoms with E-state index >= 15 is 0 Å². The number of hydrogen-bond donors (Lipinski definition) is 1. The average Bonchev–Trinajstić information content (AvgIpc) is 3.22. The van der Waals surface area contributed by atoms with Gasteiger partial charge in [0.05, 0.1) is 12.6 Å². The molecule has 2 heterocycles. The summed E-state index contributed by atoms with van der Waals surface area (Å²) in [5.74, 6) is 0.313. The fraction of sp³-hybridized carbons (Fsp3) is 0.600. The third-order valence-corrected chi connectivity index (χ3v) is 5.87. The molecule has 1 aliphatic carbocycles. The lowest BCUT2D eigenvalue weighted by molar-refractivity contribution is -0.122. The Hall–Kier alpha value is -2.15. The van der Waals surface area contributed by atoms with Gasteiger partial charge >= 0.3 is 6.03 Å². The maximum atomic E-state index is 13.8. The van der Waals surface area contributed by atoms with Gasteiger partial charge in [-0.3, -0.25) is 9.69 Å². The van der Waals surface area contributed by atoms with E-state index in [0.29, 0.717) is 25.0 Å². The summed E-state index contributed by atoms with van der Waals surface area (Å²) in [5.41, 5.74) is 0.835. The Morgan fingerprint density at radius 1 is 1.22 bits per heavy atom. The van der Waals surface area contributed by atoms with Crippen LogP contribution in [0.15, 0.2) is 24.3 Å². The van der Waals surface area contributed by atoms with Gasteiger partial charge in [0.1, 0.15) is 5.82 Å². The number of amides is 3. The Morgan fingerprint density at radius 2 is 2.00 bits per heavy atom. The molecule has 6 nitrogen and oxygen atoms in total.